The zero-order valence-electron chi connectivity index (χ0n) is 27.4. The molecule has 1 aromatic heterocycles. The van der Waals surface area contributed by atoms with Gasteiger partial charge in [0.05, 0.1) is 16.8 Å². The first-order valence-corrected chi connectivity index (χ1v) is 17.0. The highest BCUT2D eigenvalue weighted by Gasteiger charge is 2.24. The summed E-state index contributed by atoms with van der Waals surface area (Å²) in [7, 11) is 0. The molecule has 0 amide bonds. The van der Waals surface area contributed by atoms with Gasteiger partial charge in [-0.25, -0.2) is 0 Å². The topological polar surface area (TPSA) is 16.4 Å². The van der Waals surface area contributed by atoms with Crippen LogP contribution in [0.1, 0.15) is 0 Å². The second-order valence-electron chi connectivity index (χ2n) is 12.5. The first-order chi connectivity index (χ1) is 24.8. The minimum Gasteiger partial charge on any atom is -0.455 e. The molecule has 2 nitrogen and oxygen atoms in total. The lowest BCUT2D eigenvalue weighted by Gasteiger charge is -2.29. The van der Waals surface area contributed by atoms with Crippen LogP contribution in [0.5, 0.6) is 0 Å². The molecule has 0 saturated carbocycles. The largest absolute Gasteiger partial charge is 0.455 e. The summed E-state index contributed by atoms with van der Waals surface area (Å²) in [6.07, 6.45) is 0. The lowest BCUT2D eigenvalue weighted by Crippen LogP contribution is -2.12. The van der Waals surface area contributed by atoms with Gasteiger partial charge in [-0.1, -0.05) is 164 Å². The van der Waals surface area contributed by atoms with Crippen molar-refractivity contribution >= 4 is 39.0 Å². The summed E-state index contributed by atoms with van der Waals surface area (Å²) < 4.78 is 6.74. The highest BCUT2D eigenvalue weighted by Crippen LogP contribution is 2.48. The van der Waals surface area contributed by atoms with Gasteiger partial charge in [0.15, 0.2) is 0 Å². The fraction of sp³-hybridized carbons (Fsp3) is 0. The van der Waals surface area contributed by atoms with Crippen molar-refractivity contribution < 1.29 is 4.42 Å². The molecule has 0 bridgehead atoms. The predicted octanol–water partition coefficient (Wildman–Crippen LogP) is 13.7. The molecule has 0 aliphatic rings. The SMILES string of the molecule is c1ccc(-c2ccc(-c3ccccc3N(c3cccc(-c4ccccc4)c3)c3ccc(-c4ccccc4)c4oc5ccccc5c34)cc2)cc1. The lowest BCUT2D eigenvalue weighted by molar-refractivity contribution is 0.670. The van der Waals surface area contributed by atoms with Gasteiger partial charge in [0.2, 0.25) is 0 Å². The third-order valence-corrected chi connectivity index (χ3v) is 9.49. The number of furan rings is 1. The summed E-state index contributed by atoms with van der Waals surface area (Å²) in [6, 6.07) is 71.0. The first kappa shape index (κ1) is 29.5. The van der Waals surface area contributed by atoms with Gasteiger partial charge >= 0.3 is 0 Å². The normalized spacial score (nSPS) is 11.2. The average Bonchev–Trinajstić information content (AvgIpc) is 3.60. The van der Waals surface area contributed by atoms with E-state index in [-0.39, 0.29) is 0 Å². The van der Waals surface area contributed by atoms with Crippen molar-refractivity contribution in [2.24, 2.45) is 0 Å². The summed E-state index contributed by atoms with van der Waals surface area (Å²) >= 11 is 0. The molecule has 0 atom stereocenters. The molecule has 1 heterocycles. The number of fused-ring (bicyclic) bond motifs is 3. The number of para-hydroxylation sites is 2. The number of anilines is 3. The average molecular weight is 640 g/mol. The molecule has 9 aromatic rings. The maximum absolute atomic E-state index is 6.74. The summed E-state index contributed by atoms with van der Waals surface area (Å²) in [5.74, 6) is 0. The maximum Gasteiger partial charge on any atom is 0.145 e. The van der Waals surface area contributed by atoms with Crippen LogP contribution in [0.2, 0.25) is 0 Å². The Morgan fingerprint density at radius 1 is 0.340 bits per heavy atom. The van der Waals surface area contributed by atoms with Crippen LogP contribution in [0.15, 0.2) is 205 Å². The summed E-state index contributed by atoms with van der Waals surface area (Å²) in [5.41, 5.74) is 14.2. The van der Waals surface area contributed by atoms with E-state index in [0.717, 1.165) is 66.8 Å². The van der Waals surface area contributed by atoms with E-state index in [4.69, 9.17) is 4.42 Å². The van der Waals surface area contributed by atoms with Gasteiger partial charge in [0, 0.05) is 22.2 Å². The molecule has 8 aromatic carbocycles. The Morgan fingerprint density at radius 2 is 0.880 bits per heavy atom. The van der Waals surface area contributed by atoms with E-state index in [0.29, 0.717) is 0 Å². The van der Waals surface area contributed by atoms with Crippen LogP contribution in [-0.2, 0) is 0 Å². The molecular formula is C48H33NO. The van der Waals surface area contributed by atoms with Crippen molar-refractivity contribution in [3.05, 3.63) is 200 Å². The standard InChI is InChI=1S/C48H33NO/c1-4-15-34(16-5-1)36-27-29-38(30-28-36)41-23-10-12-25-44(41)49(40-22-14-21-39(33-40)35-17-6-2-7-18-35)45-32-31-42(37-19-8-3-9-20-37)48-47(45)43-24-11-13-26-46(43)50-48/h1-33H. The zero-order chi connectivity index (χ0) is 33.3. The van der Waals surface area contributed by atoms with Crippen molar-refractivity contribution in [1.29, 1.82) is 0 Å². The Kier molecular flexibility index (Phi) is 7.53. The van der Waals surface area contributed by atoms with E-state index in [1.807, 2.05) is 6.07 Å². The smallest absolute Gasteiger partial charge is 0.145 e. The number of rotatable bonds is 7. The van der Waals surface area contributed by atoms with Crippen LogP contribution in [-0.4, -0.2) is 0 Å². The van der Waals surface area contributed by atoms with E-state index in [1.54, 1.807) is 0 Å². The Hall–Kier alpha value is -6.64. The molecule has 236 valence electrons. The second-order valence-corrected chi connectivity index (χ2v) is 12.5. The van der Waals surface area contributed by atoms with E-state index in [2.05, 4.69) is 199 Å². The second kappa shape index (κ2) is 12.8. The van der Waals surface area contributed by atoms with Gasteiger partial charge in [-0.05, 0) is 69.8 Å². The van der Waals surface area contributed by atoms with Crippen LogP contribution in [0, 0.1) is 0 Å². The Morgan fingerprint density at radius 3 is 1.62 bits per heavy atom. The van der Waals surface area contributed by atoms with Gasteiger partial charge < -0.3 is 9.32 Å². The van der Waals surface area contributed by atoms with Gasteiger partial charge in [-0.3, -0.25) is 0 Å². The molecule has 0 spiro atoms. The molecule has 0 N–H and O–H groups in total. The molecule has 0 fully saturated rings. The molecule has 0 aliphatic carbocycles. The van der Waals surface area contributed by atoms with Crippen molar-refractivity contribution in [3.63, 3.8) is 0 Å². The van der Waals surface area contributed by atoms with Crippen LogP contribution in [0.3, 0.4) is 0 Å². The third-order valence-electron chi connectivity index (χ3n) is 9.49. The minimum absolute atomic E-state index is 0.870. The van der Waals surface area contributed by atoms with Crippen LogP contribution < -0.4 is 4.90 Å². The van der Waals surface area contributed by atoms with E-state index >= 15 is 0 Å². The molecule has 2 heteroatoms. The number of nitrogens with zero attached hydrogens (tertiary/aromatic N) is 1. The summed E-state index contributed by atoms with van der Waals surface area (Å²) in [4.78, 5) is 2.41. The summed E-state index contributed by atoms with van der Waals surface area (Å²) in [5, 5.41) is 2.17. The number of hydrogen-bond acceptors (Lipinski definition) is 2. The molecule has 0 saturated heterocycles. The lowest BCUT2D eigenvalue weighted by atomic mass is 9.96. The third kappa shape index (κ3) is 5.34. The van der Waals surface area contributed by atoms with Crippen molar-refractivity contribution in [2.75, 3.05) is 4.90 Å². The summed E-state index contributed by atoms with van der Waals surface area (Å²) in [6.45, 7) is 0. The molecule has 0 unspecified atom stereocenters. The van der Waals surface area contributed by atoms with Gasteiger partial charge in [-0.15, -0.1) is 0 Å². The molecular weight excluding hydrogens is 607 g/mol. The number of benzene rings is 8. The van der Waals surface area contributed by atoms with Crippen LogP contribution in [0.25, 0.3) is 66.4 Å². The van der Waals surface area contributed by atoms with Crippen molar-refractivity contribution in [3.8, 4) is 44.5 Å². The fourth-order valence-electron chi connectivity index (χ4n) is 7.09. The highest BCUT2D eigenvalue weighted by molar-refractivity contribution is 6.17. The first-order valence-electron chi connectivity index (χ1n) is 17.0. The zero-order valence-corrected chi connectivity index (χ0v) is 27.4. The van der Waals surface area contributed by atoms with Gasteiger partial charge in [0.25, 0.3) is 0 Å². The van der Waals surface area contributed by atoms with Crippen molar-refractivity contribution in [2.45, 2.75) is 0 Å². The molecule has 9 rings (SSSR count). The Balaban J connectivity index is 1.30. The van der Waals surface area contributed by atoms with Gasteiger partial charge in [0.1, 0.15) is 11.2 Å². The minimum atomic E-state index is 0.870. The van der Waals surface area contributed by atoms with E-state index in [1.165, 1.54) is 16.7 Å². The molecule has 0 aliphatic heterocycles. The fourth-order valence-corrected chi connectivity index (χ4v) is 7.09. The van der Waals surface area contributed by atoms with Crippen LogP contribution in [0.4, 0.5) is 17.1 Å². The van der Waals surface area contributed by atoms with Crippen LogP contribution >= 0.6 is 0 Å². The highest BCUT2D eigenvalue weighted by atomic mass is 16.3. The Labute approximate surface area is 292 Å². The quantitative estimate of drug-likeness (QED) is 0.173. The van der Waals surface area contributed by atoms with Gasteiger partial charge in [-0.2, -0.15) is 0 Å². The predicted molar refractivity (Wildman–Crippen MR) is 210 cm³/mol. The molecule has 0 radical (unpaired) electrons. The number of hydrogen-bond donors (Lipinski definition) is 0. The van der Waals surface area contributed by atoms with E-state index in [9.17, 15) is 0 Å². The monoisotopic (exact) mass is 639 g/mol. The maximum atomic E-state index is 6.74. The van der Waals surface area contributed by atoms with E-state index < -0.39 is 0 Å². The van der Waals surface area contributed by atoms with Crippen molar-refractivity contribution in [1.82, 2.24) is 0 Å². The molecule has 50 heavy (non-hydrogen) atoms. The Bertz CT molecular complexity index is 2570.